The topological polar surface area (TPSA) is 328 Å². The molecule has 0 bridgehead atoms. The van der Waals surface area contributed by atoms with Gasteiger partial charge in [-0.15, -0.1) is 0 Å². The number of phenolic OH excluding ortho intramolecular Hbond substituents is 2. The zero-order valence-corrected chi connectivity index (χ0v) is 27.7. The molecule has 15 atom stereocenters. The molecule has 3 aromatic rings. The van der Waals surface area contributed by atoms with E-state index >= 15 is 0 Å². The lowest BCUT2D eigenvalue weighted by Crippen LogP contribution is -2.61. The molecule has 0 saturated carbocycles. The van der Waals surface area contributed by atoms with Gasteiger partial charge in [-0.3, -0.25) is 4.79 Å². The number of fused-ring (bicyclic) bond motifs is 1. The number of rotatable bonds is 9. The summed E-state index contributed by atoms with van der Waals surface area (Å²) in [7, 11) is 0. The molecule has 2 aromatic carbocycles. The first kappa shape index (κ1) is 39.0. The Morgan fingerprint density at radius 1 is 0.642 bits per heavy atom. The molecule has 4 heterocycles. The monoisotopic (exact) mass is 756 g/mol. The molecule has 6 rings (SSSR count). The first-order valence-electron chi connectivity index (χ1n) is 16.4. The standard InChI is InChI=1S/C33H40O20/c1-10-22(38)25(41)28(44)31(48-10)47-9-20-24(40)27(43)29(45)32(53-20)49-12-5-14(36)21-15(37)7-17(50-18(21)6-12)11-2-3-16(13(35)4-11)51-33-30(46)26(42)23(39)19(8-34)52-33/h2-7,10,19-20,22-36,38-46H,8-9H2,1H3/t10-,19+,20+,22-,23+,24+,25+,26-,27-,28+,29+,30+,31+,32+,33+/m0/s1. The Morgan fingerprint density at radius 2 is 1.25 bits per heavy atom. The van der Waals surface area contributed by atoms with Gasteiger partial charge in [-0.05, 0) is 25.1 Å². The third-order valence-electron chi connectivity index (χ3n) is 9.27. The maximum Gasteiger partial charge on any atom is 0.229 e. The highest BCUT2D eigenvalue weighted by molar-refractivity contribution is 5.86. The van der Waals surface area contributed by atoms with Gasteiger partial charge in [-0.2, -0.15) is 0 Å². The van der Waals surface area contributed by atoms with E-state index in [-0.39, 0.29) is 33.8 Å². The Balaban J connectivity index is 1.19. The Labute approximate surface area is 298 Å². The van der Waals surface area contributed by atoms with Gasteiger partial charge >= 0.3 is 0 Å². The van der Waals surface area contributed by atoms with Crippen molar-refractivity contribution in [2.45, 2.75) is 99.0 Å². The van der Waals surface area contributed by atoms with Gasteiger partial charge in [0.05, 0.1) is 19.3 Å². The summed E-state index contributed by atoms with van der Waals surface area (Å²) in [6.07, 6.45) is -23.5. The normalized spacial score (nSPS) is 37.8. The summed E-state index contributed by atoms with van der Waals surface area (Å²) in [4.78, 5) is 13.1. The molecule has 0 unspecified atom stereocenters. The molecule has 1 aromatic heterocycles. The summed E-state index contributed by atoms with van der Waals surface area (Å²) in [5.74, 6) is -1.72. The van der Waals surface area contributed by atoms with Crippen molar-refractivity contribution in [3.63, 3.8) is 0 Å². The zero-order chi connectivity index (χ0) is 38.5. The second kappa shape index (κ2) is 15.6. The van der Waals surface area contributed by atoms with Crippen molar-refractivity contribution in [3.05, 3.63) is 46.6 Å². The number of benzene rings is 2. The molecule has 53 heavy (non-hydrogen) atoms. The molecule has 0 aliphatic carbocycles. The van der Waals surface area contributed by atoms with E-state index in [2.05, 4.69) is 0 Å². The van der Waals surface area contributed by atoms with Crippen LogP contribution in [0, 0.1) is 0 Å². The fourth-order valence-electron chi connectivity index (χ4n) is 6.14. The second-order valence-electron chi connectivity index (χ2n) is 12.9. The van der Waals surface area contributed by atoms with Gasteiger partial charge in [0.2, 0.25) is 12.6 Å². The van der Waals surface area contributed by atoms with Crippen molar-refractivity contribution in [3.8, 4) is 34.3 Å². The van der Waals surface area contributed by atoms with Gasteiger partial charge in [0.15, 0.2) is 23.2 Å². The molecule has 3 fully saturated rings. The molecule has 3 aliphatic rings. The van der Waals surface area contributed by atoms with Crippen LogP contribution >= 0.6 is 0 Å². The van der Waals surface area contributed by atoms with Gasteiger partial charge in [0.1, 0.15) is 95.4 Å². The van der Waals surface area contributed by atoms with Crippen LogP contribution in [0.15, 0.2) is 45.6 Å². The number of hydrogen-bond acceptors (Lipinski definition) is 20. The lowest BCUT2D eigenvalue weighted by molar-refractivity contribution is -0.318. The van der Waals surface area contributed by atoms with Crippen LogP contribution in [0.2, 0.25) is 0 Å². The summed E-state index contributed by atoms with van der Waals surface area (Å²) < 4.78 is 38.8. The van der Waals surface area contributed by atoms with Crippen molar-refractivity contribution in [2.24, 2.45) is 0 Å². The zero-order valence-electron chi connectivity index (χ0n) is 27.7. The molecule has 3 saturated heterocycles. The van der Waals surface area contributed by atoms with E-state index in [1.807, 2.05) is 0 Å². The van der Waals surface area contributed by atoms with Crippen molar-refractivity contribution < 1.29 is 94.1 Å². The molecule has 3 aliphatic heterocycles. The number of aliphatic hydroxyl groups is 10. The van der Waals surface area contributed by atoms with Gasteiger partial charge < -0.3 is 94.1 Å². The fraction of sp³-hybridized carbons (Fsp3) is 0.545. The third-order valence-corrected chi connectivity index (χ3v) is 9.27. The summed E-state index contributed by atoms with van der Waals surface area (Å²) in [5.41, 5.74) is -0.814. The number of aromatic hydroxyl groups is 2. The predicted octanol–water partition coefficient (Wildman–Crippen LogP) is -3.92. The third kappa shape index (κ3) is 7.65. The van der Waals surface area contributed by atoms with Gasteiger partial charge in [0, 0.05) is 23.8 Å². The van der Waals surface area contributed by atoms with Crippen LogP contribution in [-0.2, 0) is 18.9 Å². The molecule has 0 radical (unpaired) electrons. The summed E-state index contributed by atoms with van der Waals surface area (Å²) in [6.45, 7) is 0.180. The van der Waals surface area contributed by atoms with Crippen molar-refractivity contribution in [1.29, 1.82) is 0 Å². The van der Waals surface area contributed by atoms with Crippen LogP contribution in [0.1, 0.15) is 6.92 Å². The summed E-state index contributed by atoms with van der Waals surface area (Å²) >= 11 is 0. The molecular weight excluding hydrogens is 716 g/mol. The Kier molecular flexibility index (Phi) is 11.5. The van der Waals surface area contributed by atoms with Crippen molar-refractivity contribution in [2.75, 3.05) is 13.2 Å². The van der Waals surface area contributed by atoms with Crippen LogP contribution in [0.3, 0.4) is 0 Å². The molecule has 0 spiro atoms. The van der Waals surface area contributed by atoms with E-state index in [4.69, 9.17) is 32.8 Å². The smallest absolute Gasteiger partial charge is 0.229 e. The fourth-order valence-corrected chi connectivity index (χ4v) is 6.14. The predicted molar refractivity (Wildman–Crippen MR) is 171 cm³/mol. The van der Waals surface area contributed by atoms with E-state index in [1.165, 1.54) is 19.1 Å². The highest BCUT2D eigenvalue weighted by atomic mass is 16.7. The lowest BCUT2D eigenvalue weighted by Gasteiger charge is -2.42. The lowest BCUT2D eigenvalue weighted by atomic mass is 9.98. The Bertz CT molecular complexity index is 1800. The minimum atomic E-state index is -1.85. The molecule has 12 N–H and O–H groups in total. The first-order chi connectivity index (χ1) is 25.1. The van der Waals surface area contributed by atoms with Gasteiger partial charge in [-0.1, -0.05) is 0 Å². The van der Waals surface area contributed by atoms with Crippen LogP contribution in [0.4, 0.5) is 0 Å². The molecule has 20 heteroatoms. The molecular formula is C33H40O20. The van der Waals surface area contributed by atoms with E-state index < -0.39 is 122 Å². The number of ether oxygens (including phenoxy) is 6. The first-order valence-corrected chi connectivity index (χ1v) is 16.4. The maximum atomic E-state index is 13.1. The Hall–Kier alpha value is -3.71. The van der Waals surface area contributed by atoms with E-state index in [0.717, 1.165) is 24.3 Å². The van der Waals surface area contributed by atoms with Crippen LogP contribution in [0.25, 0.3) is 22.3 Å². The minimum absolute atomic E-state index is 0.113. The minimum Gasteiger partial charge on any atom is -0.507 e. The van der Waals surface area contributed by atoms with E-state index in [9.17, 15) is 66.1 Å². The van der Waals surface area contributed by atoms with Gasteiger partial charge in [0.25, 0.3) is 0 Å². The van der Waals surface area contributed by atoms with Crippen LogP contribution in [0.5, 0.6) is 23.0 Å². The summed E-state index contributed by atoms with van der Waals surface area (Å²) in [6, 6.07) is 6.91. The SMILES string of the molecule is C[C@@H]1O[C@@H](OC[C@H]2O[C@@H](Oc3cc(O)c4c(=O)cc(-c5ccc(O[C@@H]6O[C@H](CO)[C@@H](O)[C@H](O)[C@H]6O)c(O)c5)oc4c3)[C@H](O)[C@@H](O)[C@@H]2O)[C@H](O)[C@H](O)[C@H]1O. The van der Waals surface area contributed by atoms with Crippen LogP contribution < -0.4 is 14.9 Å². The van der Waals surface area contributed by atoms with Crippen molar-refractivity contribution in [1.82, 2.24) is 0 Å². The Morgan fingerprint density at radius 3 is 1.91 bits per heavy atom. The average Bonchev–Trinajstić information content (AvgIpc) is 3.12. The number of phenols is 2. The summed E-state index contributed by atoms with van der Waals surface area (Å²) in [5, 5.41) is 123. The second-order valence-corrected chi connectivity index (χ2v) is 12.9. The van der Waals surface area contributed by atoms with Gasteiger partial charge in [-0.25, -0.2) is 0 Å². The molecule has 292 valence electrons. The molecule has 0 amide bonds. The highest BCUT2D eigenvalue weighted by Gasteiger charge is 2.48. The van der Waals surface area contributed by atoms with Crippen LogP contribution in [-0.4, -0.2) is 167 Å². The van der Waals surface area contributed by atoms with E-state index in [1.54, 1.807) is 0 Å². The number of aliphatic hydroxyl groups excluding tert-OH is 10. The number of hydrogen-bond donors (Lipinski definition) is 12. The molecule has 20 nitrogen and oxygen atoms in total. The quantitative estimate of drug-likeness (QED) is 0.0992. The van der Waals surface area contributed by atoms with E-state index in [0.29, 0.717) is 0 Å². The highest BCUT2D eigenvalue weighted by Crippen LogP contribution is 2.37. The maximum absolute atomic E-state index is 13.1. The van der Waals surface area contributed by atoms with Crippen molar-refractivity contribution >= 4 is 11.0 Å². The largest absolute Gasteiger partial charge is 0.507 e. The average molecular weight is 757 g/mol.